The van der Waals surface area contributed by atoms with Crippen LogP contribution in [0.4, 0.5) is 0 Å². The third-order valence-corrected chi connectivity index (χ3v) is 4.01. The van der Waals surface area contributed by atoms with E-state index in [0.717, 1.165) is 6.61 Å². The van der Waals surface area contributed by atoms with Crippen LogP contribution in [0.2, 0.25) is 0 Å². The second kappa shape index (κ2) is 7.01. The fourth-order valence-electron chi connectivity index (χ4n) is 2.61. The molecular weight excluding hydrogens is 304 g/mol. The van der Waals surface area contributed by atoms with Crippen LogP contribution in [-0.2, 0) is 9.47 Å². The molecule has 2 rings (SSSR count). The molecule has 0 amide bonds. The van der Waals surface area contributed by atoms with Gasteiger partial charge in [-0.05, 0) is 0 Å². The predicted octanol–water partition coefficient (Wildman–Crippen LogP) is -5.17. The zero-order valence-corrected chi connectivity index (χ0v) is 11.5. The van der Waals surface area contributed by atoms with Crippen molar-refractivity contribution in [1.29, 1.82) is 0 Å². The van der Waals surface area contributed by atoms with E-state index in [1.54, 1.807) is 0 Å². The minimum Gasteiger partial charge on any atom is -0.394 e. The lowest BCUT2D eigenvalue weighted by Gasteiger charge is -2.45. The molecule has 0 aromatic carbocycles. The van der Waals surface area contributed by atoms with E-state index in [1.807, 2.05) is 0 Å². The Bertz CT molecular complexity index is 366. The summed E-state index contributed by atoms with van der Waals surface area (Å²) in [6.45, 7) is 0.144. The van der Waals surface area contributed by atoms with Crippen molar-refractivity contribution in [3.8, 4) is 0 Å². The van der Waals surface area contributed by atoms with Crippen LogP contribution in [0.25, 0.3) is 0 Å². The molecule has 8 N–H and O–H groups in total. The van der Waals surface area contributed by atoms with E-state index in [0.29, 0.717) is 0 Å². The van der Waals surface area contributed by atoms with Gasteiger partial charge in [-0.1, -0.05) is 0 Å². The monoisotopic (exact) mass is 325 g/mol. The SMILES string of the molecule is OC[C@H]1O[C@H](C(O)[C@@H]2O[CH][C@@H](O)[C@H](O)[C@H]2O)[C@H](O)[C@@H](O)[C@@H]1O. The van der Waals surface area contributed by atoms with Gasteiger partial charge in [0.1, 0.15) is 67.6 Å². The summed E-state index contributed by atoms with van der Waals surface area (Å²) in [5.74, 6) is 0. The molecular formula is C12H21O10. The maximum absolute atomic E-state index is 10.2. The van der Waals surface area contributed by atoms with Crippen molar-refractivity contribution in [2.75, 3.05) is 6.61 Å². The van der Waals surface area contributed by atoms with Crippen molar-refractivity contribution in [2.24, 2.45) is 0 Å². The summed E-state index contributed by atoms with van der Waals surface area (Å²) >= 11 is 0. The van der Waals surface area contributed by atoms with Crippen molar-refractivity contribution < 1.29 is 50.3 Å². The molecule has 22 heavy (non-hydrogen) atoms. The van der Waals surface area contributed by atoms with E-state index in [1.165, 1.54) is 0 Å². The summed E-state index contributed by atoms with van der Waals surface area (Å²) in [7, 11) is 0. The van der Waals surface area contributed by atoms with Crippen molar-refractivity contribution in [3.05, 3.63) is 6.61 Å². The van der Waals surface area contributed by atoms with Crippen molar-refractivity contribution in [1.82, 2.24) is 0 Å². The minimum atomic E-state index is -1.72. The molecule has 0 bridgehead atoms. The lowest BCUT2D eigenvalue weighted by Crippen LogP contribution is -2.66. The third-order valence-electron chi connectivity index (χ3n) is 4.01. The molecule has 0 aromatic rings. The highest BCUT2D eigenvalue weighted by Crippen LogP contribution is 2.29. The molecule has 0 aliphatic carbocycles. The molecule has 2 saturated heterocycles. The lowest BCUT2D eigenvalue weighted by atomic mass is 9.87. The number of hydrogen-bond donors (Lipinski definition) is 8. The van der Waals surface area contributed by atoms with Gasteiger partial charge in [0.15, 0.2) is 0 Å². The highest BCUT2D eigenvalue weighted by molar-refractivity contribution is 5.01. The Labute approximate surface area is 125 Å². The summed E-state index contributed by atoms with van der Waals surface area (Å²) < 4.78 is 10.1. The van der Waals surface area contributed by atoms with E-state index in [2.05, 4.69) is 0 Å². The molecule has 2 fully saturated rings. The van der Waals surface area contributed by atoms with E-state index in [4.69, 9.17) is 14.6 Å². The molecule has 0 saturated carbocycles. The Morgan fingerprint density at radius 3 is 2.00 bits per heavy atom. The van der Waals surface area contributed by atoms with Crippen LogP contribution in [0.5, 0.6) is 0 Å². The molecule has 2 aliphatic rings. The Morgan fingerprint density at radius 1 is 0.818 bits per heavy atom. The van der Waals surface area contributed by atoms with E-state index >= 15 is 0 Å². The van der Waals surface area contributed by atoms with Crippen LogP contribution in [0.1, 0.15) is 0 Å². The molecule has 2 heterocycles. The average Bonchev–Trinajstić information content (AvgIpc) is 2.50. The highest BCUT2D eigenvalue weighted by atomic mass is 16.6. The van der Waals surface area contributed by atoms with Gasteiger partial charge in [0.25, 0.3) is 0 Å². The fraction of sp³-hybridized carbons (Fsp3) is 0.917. The van der Waals surface area contributed by atoms with Crippen molar-refractivity contribution >= 4 is 0 Å². The normalized spacial score (nSPS) is 51.5. The van der Waals surface area contributed by atoms with E-state index in [9.17, 15) is 35.7 Å². The Balaban J connectivity index is 2.12. The molecule has 0 spiro atoms. The van der Waals surface area contributed by atoms with Crippen LogP contribution in [0, 0.1) is 6.61 Å². The Kier molecular flexibility index (Phi) is 5.72. The number of hydrogen-bond acceptors (Lipinski definition) is 10. The van der Waals surface area contributed by atoms with Gasteiger partial charge < -0.3 is 50.3 Å². The molecule has 1 radical (unpaired) electrons. The van der Waals surface area contributed by atoms with Gasteiger partial charge in [0.05, 0.1) is 6.61 Å². The van der Waals surface area contributed by atoms with Gasteiger partial charge in [0, 0.05) is 0 Å². The van der Waals surface area contributed by atoms with E-state index in [-0.39, 0.29) is 0 Å². The minimum absolute atomic E-state index is 0.671. The van der Waals surface area contributed by atoms with Crippen LogP contribution >= 0.6 is 0 Å². The van der Waals surface area contributed by atoms with Gasteiger partial charge in [0.2, 0.25) is 0 Å². The van der Waals surface area contributed by atoms with Gasteiger partial charge >= 0.3 is 0 Å². The zero-order chi connectivity index (χ0) is 16.6. The smallest absolute Gasteiger partial charge is 0.115 e. The first-order valence-electron chi connectivity index (χ1n) is 6.81. The Morgan fingerprint density at radius 2 is 1.41 bits per heavy atom. The maximum Gasteiger partial charge on any atom is 0.115 e. The summed E-state index contributed by atoms with van der Waals surface area (Å²) in [5, 5.41) is 77.2. The summed E-state index contributed by atoms with van der Waals surface area (Å²) in [5.41, 5.74) is 0. The standard InChI is InChI=1S/C12H21O10/c13-1-4-6(16)7(17)9(19)12(22-4)10(20)11-8(18)5(15)3(14)2-21-11/h2-20H,1H2/t3-,4-,5+,6-,7+,8-,9-,10?,11-,12+/m1/s1. The van der Waals surface area contributed by atoms with E-state index < -0.39 is 67.6 Å². The second-order valence-corrected chi connectivity index (χ2v) is 5.49. The number of aliphatic hydroxyl groups excluding tert-OH is 8. The quantitative estimate of drug-likeness (QED) is 0.250. The molecule has 129 valence electrons. The molecule has 0 aromatic heterocycles. The number of aliphatic hydroxyl groups is 8. The topological polar surface area (TPSA) is 180 Å². The van der Waals surface area contributed by atoms with Crippen LogP contribution < -0.4 is 0 Å². The van der Waals surface area contributed by atoms with Crippen LogP contribution in [0.3, 0.4) is 0 Å². The van der Waals surface area contributed by atoms with Gasteiger partial charge in [-0.2, -0.15) is 0 Å². The molecule has 2 aliphatic heterocycles. The number of rotatable bonds is 3. The predicted molar refractivity (Wildman–Crippen MR) is 67.0 cm³/mol. The molecule has 1 unspecified atom stereocenters. The second-order valence-electron chi connectivity index (χ2n) is 5.49. The maximum atomic E-state index is 10.2. The van der Waals surface area contributed by atoms with Gasteiger partial charge in [-0.25, -0.2) is 0 Å². The lowest BCUT2D eigenvalue weighted by molar-refractivity contribution is -0.272. The van der Waals surface area contributed by atoms with Crippen molar-refractivity contribution in [3.63, 3.8) is 0 Å². The zero-order valence-electron chi connectivity index (χ0n) is 11.5. The first-order valence-corrected chi connectivity index (χ1v) is 6.81. The fourth-order valence-corrected chi connectivity index (χ4v) is 2.61. The highest BCUT2D eigenvalue weighted by Gasteiger charge is 2.51. The van der Waals surface area contributed by atoms with Gasteiger partial charge in [-0.15, -0.1) is 0 Å². The molecule has 10 atom stereocenters. The van der Waals surface area contributed by atoms with Crippen molar-refractivity contribution in [2.45, 2.75) is 61.0 Å². The Hall–Kier alpha value is -0.400. The third kappa shape index (κ3) is 3.12. The largest absolute Gasteiger partial charge is 0.394 e. The molecule has 10 heteroatoms. The molecule has 10 nitrogen and oxygen atoms in total. The van der Waals surface area contributed by atoms with Crippen LogP contribution in [-0.4, -0.2) is 108 Å². The van der Waals surface area contributed by atoms with Crippen LogP contribution in [0.15, 0.2) is 0 Å². The average molecular weight is 325 g/mol. The summed E-state index contributed by atoms with van der Waals surface area (Å²) in [4.78, 5) is 0. The summed E-state index contributed by atoms with van der Waals surface area (Å²) in [6.07, 6.45) is -15.6. The first-order chi connectivity index (χ1) is 10.3. The first kappa shape index (κ1) is 17.9. The summed E-state index contributed by atoms with van der Waals surface area (Å²) in [6, 6.07) is 0. The number of ether oxygens (including phenoxy) is 2. The van der Waals surface area contributed by atoms with Gasteiger partial charge in [-0.3, -0.25) is 0 Å².